The Morgan fingerprint density at radius 2 is 1.86 bits per heavy atom. The zero-order valence-corrected chi connectivity index (χ0v) is 16.8. The van der Waals surface area contributed by atoms with Gasteiger partial charge in [-0.25, -0.2) is 4.79 Å². The Balaban J connectivity index is 1.89. The lowest BCUT2D eigenvalue weighted by Crippen LogP contribution is -2.29. The maximum absolute atomic E-state index is 12.7. The van der Waals surface area contributed by atoms with Crippen molar-refractivity contribution >= 4 is 52.2 Å². The molecule has 29 heavy (non-hydrogen) atoms. The van der Waals surface area contributed by atoms with Crippen LogP contribution in [-0.4, -0.2) is 43.8 Å². The molecule has 1 fully saturated rings. The van der Waals surface area contributed by atoms with Crippen LogP contribution in [0.4, 0.5) is 0 Å². The van der Waals surface area contributed by atoms with E-state index < -0.39 is 11.9 Å². The first kappa shape index (κ1) is 20.8. The summed E-state index contributed by atoms with van der Waals surface area (Å²) in [6.45, 7) is 0.261. The highest BCUT2D eigenvalue weighted by atomic mass is 32.2. The van der Waals surface area contributed by atoms with E-state index in [4.69, 9.17) is 17.3 Å². The highest BCUT2D eigenvalue weighted by molar-refractivity contribution is 8.26. The van der Waals surface area contributed by atoms with Gasteiger partial charge in [-0.15, -0.1) is 0 Å². The van der Waals surface area contributed by atoms with Crippen molar-refractivity contribution < 1.29 is 24.6 Å². The number of thiocarbonyl (C=S) groups is 1. The Labute approximate surface area is 176 Å². The summed E-state index contributed by atoms with van der Waals surface area (Å²) in [4.78, 5) is 36.5. The number of carbonyl (C=O) groups excluding carboxylic acids is 1. The van der Waals surface area contributed by atoms with Crippen LogP contribution in [0.5, 0.6) is 0 Å². The van der Waals surface area contributed by atoms with Crippen LogP contribution in [0.25, 0.3) is 17.2 Å². The molecular formula is C21H17NO5S2. The lowest BCUT2D eigenvalue weighted by atomic mass is 9.97. The standard InChI is InChI=1S/C21H17NO5S2/c23-18(24)9-4-10-22-19(25)17(29-21(22)28)12-14-5-1-2-8-16(14)13-6-3-7-15(11-13)20(26)27/h1-3,5-8,11-12H,4,9-10H2,(H,23,24)(H,26,27)/b17-12-. The number of nitrogens with zero attached hydrogens (tertiary/aromatic N) is 1. The van der Waals surface area contributed by atoms with E-state index >= 15 is 0 Å². The Hall–Kier alpha value is -2.97. The summed E-state index contributed by atoms with van der Waals surface area (Å²) >= 11 is 6.45. The third kappa shape index (κ3) is 4.90. The quantitative estimate of drug-likeness (QED) is 0.507. The van der Waals surface area contributed by atoms with E-state index in [1.54, 1.807) is 18.2 Å². The van der Waals surface area contributed by atoms with Crippen LogP contribution < -0.4 is 0 Å². The zero-order valence-electron chi connectivity index (χ0n) is 15.2. The summed E-state index contributed by atoms with van der Waals surface area (Å²) < 4.78 is 0.400. The number of carboxylic acids is 2. The number of hydrogen-bond acceptors (Lipinski definition) is 5. The topological polar surface area (TPSA) is 94.9 Å². The molecule has 1 heterocycles. The Morgan fingerprint density at radius 3 is 2.59 bits per heavy atom. The summed E-state index contributed by atoms with van der Waals surface area (Å²) in [7, 11) is 0. The van der Waals surface area contributed by atoms with E-state index in [1.165, 1.54) is 22.7 Å². The second kappa shape index (κ2) is 9.02. The van der Waals surface area contributed by atoms with Crippen LogP contribution >= 0.6 is 24.0 Å². The van der Waals surface area contributed by atoms with Crippen molar-refractivity contribution in [2.24, 2.45) is 0 Å². The molecule has 1 aliphatic heterocycles. The van der Waals surface area contributed by atoms with Crippen molar-refractivity contribution in [1.82, 2.24) is 4.90 Å². The van der Waals surface area contributed by atoms with Gasteiger partial charge in [0, 0.05) is 13.0 Å². The largest absolute Gasteiger partial charge is 0.481 e. The third-order valence-corrected chi connectivity index (χ3v) is 5.69. The van der Waals surface area contributed by atoms with Gasteiger partial charge in [0.1, 0.15) is 4.32 Å². The summed E-state index contributed by atoms with van der Waals surface area (Å²) in [5.74, 6) is -2.17. The number of carbonyl (C=O) groups is 3. The molecule has 0 aromatic heterocycles. The molecule has 0 atom stereocenters. The van der Waals surface area contributed by atoms with Crippen molar-refractivity contribution in [3.8, 4) is 11.1 Å². The average molecular weight is 428 g/mol. The minimum absolute atomic E-state index is 0.0289. The van der Waals surface area contributed by atoms with Crippen LogP contribution in [0.1, 0.15) is 28.8 Å². The highest BCUT2D eigenvalue weighted by Gasteiger charge is 2.31. The van der Waals surface area contributed by atoms with Gasteiger partial charge in [0.15, 0.2) is 0 Å². The van der Waals surface area contributed by atoms with Gasteiger partial charge >= 0.3 is 11.9 Å². The first-order valence-corrected chi connectivity index (χ1v) is 9.99. The predicted octanol–water partition coefficient (Wildman–Crippen LogP) is 4.12. The third-order valence-electron chi connectivity index (χ3n) is 4.31. The monoisotopic (exact) mass is 427 g/mol. The molecule has 1 amide bonds. The van der Waals surface area contributed by atoms with Crippen LogP contribution in [-0.2, 0) is 9.59 Å². The molecule has 148 valence electrons. The zero-order chi connectivity index (χ0) is 21.0. The number of rotatable bonds is 7. The summed E-state index contributed by atoms with van der Waals surface area (Å²) in [6.07, 6.45) is 2.03. The molecule has 1 saturated heterocycles. The van der Waals surface area contributed by atoms with Crippen molar-refractivity contribution in [2.75, 3.05) is 6.54 Å². The predicted molar refractivity (Wildman–Crippen MR) is 116 cm³/mol. The van der Waals surface area contributed by atoms with Gasteiger partial charge in [0.25, 0.3) is 5.91 Å². The van der Waals surface area contributed by atoms with Gasteiger partial charge in [0.05, 0.1) is 10.5 Å². The Bertz CT molecular complexity index is 1030. The fourth-order valence-corrected chi connectivity index (χ4v) is 4.23. The van der Waals surface area contributed by atoms with Crippen molar-refractivity contribution in [3.05, 3.63) is 64.6 Å². The average Bonchev–Trinajstić information content (AvgIpc) is 2.95. The van der Waals surface area contributed by atoms with Crippen LogP contribution in [0.2, 0.25) is 0 Å². The lowest BCUT2D eigenvalue weighted by Gasteiger charge is -2.13. The molecule has 2 aromatic rings. The van der Waals surface area contributed by atoms with E-state index in [0.717, 1.165) is 16.7 Å². The lowest BCUT2D eigenvalue weighted by molar-refractivity contribution is -0.137. The Morgan fingerprint density at radius 1 is 1.10 bits per heavy atom. The number of aliphatic carboxylic acids is 1. The summed E-state index contributed by atoms with van der Waals surface area (Å²) in [5, 5.41) is 18.0. The fraction of sp³-hybridized carbons (Fsp3) is 0.143. The van der Waals surface area contributed by atoms with E-state index in [1.807, 2.05) is 30.3 Å². The second-order valence-electron chi connectivity index (χ2n) is 6.30. The van der Waals surface area contributed by atoms with Crippen molar-refractivity contribution in [2.45, 2.75) is 12.8 Å². The minimum atomic E-state index is -1.01. The molecule has 2 N–H and O–H groups in total. The maximum atomic E-state index is 12.7. The molecule has 8 heteroatoms. The molecule has 0 unspecified atom stereocenters. The van der Waals surface area contributed by atoms with E-state index in [2.05, 4.69) is 0 Å². The van der Waals surface area contributed by atoms with Gasteiger partial charge in [-0.05, 0) is 41.3 Å². The van der Waals surface area contributed by atoms with E-state index in [-0.39, 0.29) is 24.4 Å². The number of amides is 1. The van der Waals surface area contributed by atoms with Crippen molar-refractivity contribution in [1.29, 1.82) is 0 Å². The molecule has 6 nitrogen and oxygen atoms in total. The van der Waals surface area contributed by atoms with Gasteiger partial charge < -0.3 is 10.2 Å². The summed E-state index contributed by atoms with van der Waals surface area (Å²) in [5.41, 5.74) is 2.48. The molecule has 0 radical (unpaired) electrons. The van der Waals surface area contributed by atoms with Crippen LogP contribution in [0, 0.1) is 0 Å². The highest BCUT2D eigenvalue weighted by Crippen LogP contribution is 2.35. The summed E-state index contributed by atoms with van der Waals surface area (Å²) in [6, 6.07) is 14.0. The second-order valence-corrected chi connectivity index (χ2v) is 7.98. The van der Waals surface area contributed by atoms with Gasteiger partial charge in [-0.3, -0.25) is 14.5 Å². The van der Waals surface area contributed by atoms with E-state index in [9.17, 15) is 19.5 Å². The normalized spacial score (nSPS) is 15.2. The molecule has 2 aromatic carbocycles. The first-order chi connectivity index (χ1) is 13.9. The maximum Gasteiger partial charge on any atom is 0.335 e. The Kier molecular flexibility index (Phi) is 6.46. The number of benzene rings is 2. The minimum Gasteiger partial charge on any atom is -0.481 e. The number of hydrogen-bond donors (Lipinski definition) is 2. The first-order valence-electron chi connectivity index (χ1n) is 8.77. The molecule has 0 saturated carbocycles. The molecule has 0 bridgehead atoms. The van der Waals surface area contributed by atoms with E-state index in [0.29, 0.717) is 15.6 Å². The van der Waals surface area contributed by atoms with Gasteiger partial charge in [-0.2, -0.15) is 0 Å². The van der Waals surface area contributed by atoms with Crippen molar-refractivity contribution in [3.63, 3.8) is 0 Å². The molecule has 3 rings (SSSR count). The van der Waals surface area contributed by atoms with Crippen LogP contribution in [0.3, 0.4) is 0 Å². The smallest absolute Gasteiger partial charge is 0.335 e. The molecular weight excluding hydrogens is 410 g/mol. The number of thioether (sulfide) groups is 1. The fourth-order valence-electron chi connectivity index (χ4n) is 2.93. The van der Waals surface area contributed by atoms with Crippen LogP contribution in [0.15, 0.2) is 53.4 Å². The molecule has 1 aliphatic rings. The van der Waals surface area contributed by atoms with Gasteiger partial charge in [0.2, 0.25) is 0 Å². The van der Waals surface area contributed by atoms with Gasteiger partial charge in [-0.1, -0.05) is 60.4 Å². The molecule has 0 spiro atoms. The number of aromatic carboxylic acids is 1. The SMILES string of the molecule is O=C(O)CCCN1C(=O)/C(=C/c2ccccc2-c2cccc(C(=O)O)c2)SC1=S. The molecule has 0 aliphatic carbocycles. The number of carboxylic acid groups (broad SMARTS) is 2.